The molecule has 0 aliphatic rings. The second kappa shape index (κ2) is 5.24. The summed E-state index contributed by atoms with van der Waals surface area (Å²) in [4.78, 5) is 0. The van der Waals surface area contributed by atoms with Gasteiger partial charge in [-0.1, -0.05) is 0 Å². The summed E-state index contributed by atoms with van der Waals surface area (Å²) in [6, 6.07) is 0. The van der Waals surface area contributed by atoms with Crippen LogP contribution in [0.15, 0.2) is 12.7 Å². The maximum absolute atomic E-state index is 3.66. The Morgan fingerprint density at radius 1 is 1.38 bits per heavy atom. The van der Waals surface area contributed by atoms with Crippen LogP contribution in [0.3, 0.4) is 0 Å². The quantitative estimate of drug-likeness (QED) is 0.355. The molecule has 0 aliphatic heterocycles. The summed E-state index contributed by atoms with van der Waals surface area (Å²) < 4.78 is 0. The molecule has 0 fully saturated rings. The summed E-state index contributed by atoms with van der Waals surface area (Å²) in [5, 5.41) is 0. The molecule has 0 aromatic heterocycles. The largest absolute Gasteiger partial charge is 1.00 e. The fraction of sp³-hybridized carbons (Fsp3) is 0.667. The molecule has 0 bridgehead atoms. The van der Waals surface area contributed by atoms with Crippen LogP contribution in [0.2, 0.25) is 26.8 Å². The minimum atomic E-state index is -0.111. The van der Waals surface area contributed by atoms with E-state index in [2.05, 4.69) is 27.0 Å². The zero-order valence-corrected chi connectivity index (χ0v) is 9.69. The molecule has 0 N–H and O–H groups in total. The van der Waals surface area contributed by atoms with Gasteiger partial charge in [-0.15, -0.1) is 12.7 Å². The molecule has 0 amide bonds. The molecule has 0 aromatic carbocycles. The van der Waals surface area contributed by atoms with Crippen LogP contribution in [0.5, 0.6) is 0 Å². The first-order valence-electron chi connectivity index (χ1n) is 2.96. The molecular weight excluding hydrogens is 122 g/mol. The first kappa shape index (κ1) is 12.1. The molecule has 0 saturated heterocycles. The summed E-state index contributed by atoms with van der Waals surface area (Å²) in [5.74, 6) is 0. The Kier molecular flexibility index (Phi) is 7.96. The van der Waals surface area contributed by atoms with E-state index in [0.29, 0.717) is 0 Å². The molecule has 0 aromatic rings. The van der Waals surface area contributed by atoms with Crippen LogP contribution in [-0.2, 0) is 0 Å². The average molecular weight is 136 g/mol. The normalized spacial score (nSPS) is 9.88. The van der Waals surface area contributed by atoms with Gasteiger partial charge in [-0.25, -0.2) is 0 Å². The van der Waals surface area contributed by atoms with Gasteiger partial charge in [-0.3, -0.25) is 0 Å². The van der Waals surface area contributed by atoms with Gasteiger partial charge in [0.15, 0.2) is 0 Å². The molecule has 0 saturated carbocycles. The zero-order chi connectivity index (χ0) is 5.91. The molecule has 0 aliphatic carbocycles. The van der Waals surface area contributed by atoms with Crippen molar-refractivity contribution in [2.24, 2.45) is 0 Å². The third-order valence-corrected chi connectivity index (χ3v) is 0.874. The second-order valence-electron chi connectivity index (χ2n) is 3.48. The minimum Gasteiger partial charge on any atom is -0.190 e. The zero-order valence-electron chi connectivity index (χ0n) is 6.57. The van der Waals surface area contributed by atoms with Crippen LogP contribution in [0, 0.1) is 0 Å². The summed E-state index contributed by atoms with van der Waals surface area (Å²) in [5.41, 5.74) is 0. The molecule has 0 radical (unpaired) electrons. The average Bonchev–Trinajstić information content (AvgIpc) is 1.30. The van der Waals surface area contributed by atoms with Gasteiger partial charge >= 0.3 is 51.4 Å². The van der Waals surface area contributed by atoms with Gasteiger partial charge in [0, 0.05) is 0 Å². The summed E-state index contributed by atoms with van der Waals surface area (Å²) in [6.07, 6.45) is 3.04. The van der Waals surface area contributed by atoms with E-state index in [-0.39, 0.29) is 57.5 Å². The molecular formula is C6H14BK. The van der Waals surface area contributed by atoms with Gasteiger partial charge in [0.25, 0.3) is 0 Å². The van der Waals surface area contributed by atoms with Crippen molar-refractivity contribution in [3.05, 3.63) is 12.7 Å². The summed E-state index contributed by atoms with van der Waals surface area (Å²) in [6.45, 7) is 10.5. The van der Waals surface area contributed by atoms with Crippen LogP contribution < -0.4 is 51.4 Å². The van der Waals surface area contributed by atoms with Crippen LogP contribution in [0.1, 0.15) is 0 Å². The molecule has 0 spiro atoms. The van der Waals surface area contributed by atoms with E-state index >= 15 is 0 Å². The van der Waals surface area contributed by atoms with Crippen molar-refractivity contribution in [2.45, 2.75) is 26.8 Å². The summed E-state index contributed by atoms with van der Waals surface area (Å²) in [7, 11) is 0. The SMILES string of the molecule is C=CC[B-](C)(C)C.[K+]. The van der Waals surface area contributed by atoms with Crippen LogP contribution in [0.4, 0.5) is 0 Å². The monoisotopic (exact) mass is 136 g/mol. The van der Waals surface area contributed by atoms with Gasteiger partial charge in [0.05, 0.1) is 0 Å². The molecule has 0 rings (SSSR count). The number of allylic oxidation sites excluding steroid dienone is 1. The van der Waals surface area contributed by atoms with Crippen LogP contribution in [-0.4, -0.2) is 6.15 Å². The van der Waals surface area contributed by atoms with Crippen molar-refractivity contribution in [2.75, 3.05) is 0 Å². The number of hydrogen-bond acceptors (Lipinski definition) is 0. The first-order valence-corrected chi connectivity index (χ1v) is 2.96. The minimum absolute atomic E-state index is 0. The van der Waals surface area contributed by atoms with E-state index in [9.17, 15) is 0 Å². The Labute approximate surface area is 95.5 Å². The molecule has 2 heteroatoms. The van der Waals surface area contributed by atoms with Crippen molar-refractivity contribution in [1.82, 2.24) is 0 Å². The molecule has 0 nitrogen and oxygen atoms in total. The maximum atomic E-state index is 3.66. The van der Waals surface area contributed by atoms with E-state index in [1.807, 2.05) is 6.08 Å². The fourth-order valence-electron chi connectivity index (χ4n) is 0.500. The topological polar surface area (TPSA) is 0 Å². The van der Waals surface area contributed by atoms with Gasteiger partial charge in [-0.2, -0.15) is 26.8 Å². The first-order chi connectivity index (χ1) is 3.06. The Balaban J connectivity index is 0. The van der Waals surface area contributed by atoms with Crippen molar-refractivity contribution in [3.63, 3.8) is 0 Å². The third-order valence-electron chi connectivity index (χ3n) is 0.874. The Bertz CT molecular complexity index is 63.4. The standard InChI is InChI=1S/C6H14B.K/c1-5-6-7(2,3)4;/h5H,1,6H2,2-4H3;/q-1;+1. The smallest absolute Gasteiger partial charge is 0.190 e. The maximum Gasteiger partial charge on any atom is 1.00 e. The number of hydrogen-bond donors (Lipinski definition) is 0. The van der Waals surface area contributed by atoms with Gasteiger partial charge < -0.3 is 0 Å². The van der Waals surface area contributed by atoms with Crippen molar-refractivity contribution in [1.29, 1.82) is 0 Å². The molecule has 8 heavy (non-hydrogen) atoms. The van der Waals surface area contributed by atoms with Crippen molar-refractivity contribution >= 4 is 6.15 Å². The van der Waals surface area contributed by atoms with Gasteiger partial charge in [0.1, 0.15) is 0 Å². The van der Waals surface area contributed by atoms with Crippen molar-refractivity contribution < 1.29 is 51.4 Å². The van der Waals surface area contributed by atoms with Gasteiger partial charge in [0.2, 0.25) is 0 Å². The Morgan fingerprint density at radius 2 is 1.75 bits per heavy atom. The van der Waals surface area contributed by atoms with E-state index < -0.39 is 0 Å². The molecule has 42 valence electrons. The Morgan fingerprint density at radius 3 is 1.75 bits per heavy atom. The van der Waals surface area contributed by atoms with E-state index in [1.165, 1.54) is 6.32 Å². The Hall–Kier alpha value is 1.44. The molecule has 0 heterocycles. The number of rotatable bonds is 2. The predicted molar refractivity (Wildman–Crippen MR) is 38.4 cm³/mol. The van der Waals surface area contributed by atoms with Crippen molar-refractivity contribution in [3.8, 4) is 0 Å². The molecule has 0 unspecified atom stereocenters. The van der Waals surface area contributed by atoms with Crippen LogP contribution in [0.25, 0.3) is 0 Å². The third kappa shape index (κ3) is 10.4. The summed E-state index contributed by atoms with van der Waals surface area (Å²) >= 11 is 0. The van der Waals surface area contributed by atoms with E-state index in [1.54, 1.807) is 0 Å². The molecule has 0 atom stereocenters. The van der Waals surface area contributed by atoms with E-state index in [0.717, 1.165) is 0 Å². The second-order valence-corrected chi connectivity index (χ2v) is 3.48. The van der Waals surface area contributed by atoms with E-state index in [4.69, 9.17) is 0 Å². The van der Waals surface area contributed by atoms with Gasteiger partial charge in [-0.05, 0) is 6.15 Å². The van der Waals surface area contributed by atoms with Crippen LogP contribution >= 0.6 is 0 Å². The fourth-order valence-corrected chi connectivity index (χ4v) is 0.500. The predicted octanol–water partition coefficient (Wildman–Crippen LogP) is -0.485.